The van der Waals surface area contributed by atoms with Gasteiger partial charge in [0.1, 0.15) is 0 Å². The van der Waals surface area contributed by atoms with Crippen molar-refractivity contribution >= 4 is 6.03 Å². The highest BCUT2D eigenvalue weighted by Gasteiger charge is 2.37. The molecule has 3 nitrogen and oxygen atoms in total. The molecule has 0 radical (unpaired) electrons. The first-order valence-electron chi connectivity index (χ1n) is 7.49. The predicted molar refractivity (Wildman–Crippen MR) is 74.6 cm³/mol. The molecule has 2 aliphatic rings. The van der Waals surface area contributed by atoms with Crippen molar-refractivity contribution in [2.45, 2.75) is 59.4 Å². The van der Waals surface area contributed by atoms with Crippen LogP contribution in [0.5, 0.6) is 0 Å². The summed E-state index contributed by atoms with van der Waals surface area (Å²) < 4.78 is 0. The molecule has 1 heterocycles. The molecule has 1 aliphatic carbocycles. The van der Waals surface area contributed by atoms with Crippen molar-refractivity contribution in [3.63, 3.8) is 0 Å². The zero-order chi connectivity index (χ0) is 13.3. The van der Waals surface area contributed by atoms with Gasteiger partial charge in [-0.25, -0.2) is 4.79 Å². The van der Waals surface area contributed by atoms with Crippen molar-refractivity contribution in [2.24, 2.45) is 11.3 Å². The van der Waals surface area contributed by atoms with Crippen LogP contribution in [-0.4, -0.2) is 41.5 Å². The minimum absolute atomic E-state index is 0.275. The van der Waals surface area contributed by atoms with Crippen molar-refractivity contribution in [3.8, 4) is 0 Å². The molecule has 0 aromatic heterocycles. The summed E-state index contributed by atoms with van der Waals surface area (Å²) in [7, 11) is 0. The summed E-state index contributed by atoms with van der Waals surface area (Å²) >= 11 is 0. The zero-order valence-electron chi connectivity index (χ0n) is 12.4. The Balaban J connectivity index is 1.89. The smallest absolute Gasteiger partial charge is 0.320 e. The molecule has 2 rings (SSSR count). The van der Waals surface area contributed by atoms with Crippen LogP contribution >= 0.6 is 0 Å². The van der Waals surface area contributed by atoms with Crippen LogP contribution in [-0.2, 0) is 0 Å². The van der Waals surface area contributed by atoms with Gasteiger partial charge in [0.05, 0.1) is 0 Å². The van der Waals surface area contributed by atoms with Crippen molar-refractivity contribution in [1.82, 2.24) is 9.80 Å². The van der Waals surface area contributed by atoms with Gasteiger partial charge in [-0.2, -0.15) is 0 Å². The Morgan fingerprint density at radius 3 is 2.17 bits per heavy atom. The fourth-order valence-electron chi connectivity index (χ4n) is 3.49. The van der Waals surface area contributed by atoms with Gasteiger partial charge in [0.25, 0.3) is 0 Å². The summed E-state index contributed by atoms with van der Waals surface area (Å²) in [5.74, 6) is 0.828. The lowest BCUT2D eigenvalue weighted by Crippen LogP contribution is -2.42. The molecule has 18 heavy (non-hydrogen) atoms. The Kier molecular flexibility index (Phi) is 3.88. The van der Waals surface area contributed by atoms with E-state index in [1.54, 1.807) is 0 Å². The maximum Gasteiger partial charge on any atom is 0.320 e. The first-order chi connectivity index (χ1) is 8.43. The summed E-state index contributed by atoms with van der Waals surface area (Å²) in [6.45, 7) is 11.8. The molecular formula is C15H28N2O. The molecule has 0 spiro atoms. The quantitative estimate of drug-likeness (QED) is 0.739. The van der Waals surface area contributed by atoms with E-state index in [1.165, 1.54) is 25.7 Å². The van der Waals surface area contributed by atoms with Crippen molar-refractivity contribution in [3.05, 3.63) is 0 Å². The largest absolute Gasteiger partial charge is 0.323 e. The van der Waals surface area contributed by atoms with E-state index in [0.717, 1.165) is 25.6 Å². The SMILES string of the molecule is CCN1CCN(C2CCC(C(C)(C)C)CC2)C1=O. The molecule has 0 unspecified atom stereocenters. The van der Waals surface area contributed by atoms with E-state index in [4.69, 9.17) is 0 Å². The number of hydrogen-bond donors (Lipinski definition) is 0. The normalized spacial score (nSPS) is 30.1. The molecule has 2 fully saturated rings. The topological polar surface area (TPSA) is 23.6 Å². The summed E-state index contributed by atoms with van der Waals surface area (Å²) in [6.07, 6.45) is 4.96. The lowest BCUT2D eigenvalue weighted by Gasteiger charge is -2.39. The Hall–Kier alpha value is -0.730. The lowest BCUT2D eigenvalue weighted by molar-refractivity contribution is 0.116. The molecule has 3 heteroatoms. The van der Waals surface area contributed by atoms with Crippen LogP contribution in [0.25, 0.3) is 0 Å². The average molecular weight is 252 g/mol. The van der Waals surface area contributed by atoms with Crippen LogP contribution in [0.3, 0.4) is 0 Å². The molecule has 0 N–H and O–H groups in total. The van der Waals surface area contributed by atoms with Crippen molar-refractivity contribution in [1.29, 1.82) is 0 Å². The van der Waals surface area contributed by atoms with Gasteiger partial charge >= 0.3 is 6.03 Å². The fourth-order valence-corrected chi connectivity index (χ4v) is 3.49. The van der Waals surface area contributed by atoms with Gasteiger partial charge in [-0.3, -0.25) is 0 Å². The number of carbonyl (C=O) groups is 1. The van der Waals surface area contributed by atoms with Crippen molar-refractivity contribution in [2.75, 3.05) is 19.6 Å². The fraction of sp³-hybridized carbons (Fsp3) is 0.933. The zero-order valence-corrected chi connectivity index (χ0v) is 12.4. The molecule has 0 bridgehead atoms. The third kappa shape index (κ3) is 2.65. The molecule has 1 saturated heterocycles. The van der Waals surface area contributed by atoms with Crippen LogP contribution in [0.1, 0.15) is 53.4 Å². The highest BCUT2D eigenvalue weighted by Crippen LogP contribution is 2.39. The second kappa shape index (κ2) is 5.10. The van der Waals surface area contributed by atoms with E-state index in [2.05, 4.69) is 32.6 Å². The van der Waals surface area contributed by atoms with E-state index < -0.39 is 0 Å². The van der Waals surface area contributed by atoms with Crippen LogP contribution in [0.2, 0.25) is 0 Å². The Morgan fingerprint density at radius 1 is 1.11 bits per heavy atom. The third-order valence-electron chi connectivity index (χ3n) is 4.87. The van der Waals surface area contributed by atoms with E-state index in [-0.39, 0.29) is 6.03 Å². The summed E-state index contributed by atoms with van der Waals surface area (Å²) in [5.41, 5.74) is 0.426. The molecule has 0 aromatic rings. The maximum atomic E-state index is 12.2. The van der Waals surface area contributed by atoms with Gasteiger partial charge in [0, 0.05) is 25.7 Å². The first kappa shape index (κ1) is 13.7. The van der Waals surface area contributed by atoms with Crippen LogP contribution in [0.15, 0.2) is 0 Å². The molecule has 0 atom stereocenters. The predicted octanol–water partition coefficient (Wildman–Crippen LogP) is 3.35. The minimum atomic E-state index is 0.275. The van der Waals surface area contributed by atoms with Crippen molar-refractivity contribution < 1.29 is 4.79 Å². The minimum Gasteiger partial charge on any atom is -0.323 e. The van der Waals surface area contributed by atoms with Gasteiger partial charge in [-0.15, -0.1) is 0 Å². The van der Waals surface area contributed by atoms with Gasteiger partial charge in [-0.05, 0) is 43.9 Å². The number of urea groups is 1. The maximum absolute atomic E-state index is 12.2. The van der Waals surface area contributed by atoms with E-state index in [0.29, 0.717) is 11.5 Å². The number of amides is 2. The van der Waals surface area contributed by atoms with Gasteiger partial charge in [0.15, 0.2) is 0 Å². The first-order valence-corrected chi connectivity index (χ1v) is 7.49. The van der Waals surface area contributed by atoms with E-state index in [9.17, 15) is 4.79 Å². The van der Waals surface area contributed by atoms with Gasteiger partial charge in [-0.1, -0.05) is 20.8 Å². The van der Waals surface area contributed by atoms with Crippen LogP contribution in [0, 0.1) is 11.3 Å². The van der Waals surface area contributed by atoms with E-state index in [1.807, 2.05) is 4.90 Å². The summed E-state index contributed by atoms with van der Waals surface area (Å²) in [6, 6.07) is 0.782. The summed E-state index contributed by atoms with van der Waals surface area (Å²) in [4.78, 5) is 16.3. The molecular weight excluding hydrogens is 224 g/mol. The number of rotatable bonds is 2. The molecule has 104 valence electrons. The van der Waals surface area contributed by atoms with E-state index >= 15 is 0 Å². The monoisotopic (exact) mass is 252 g/mol. The number of likely N-dealkylation sites (N-methyl/N-ethyl adjacent to an activating group) is 1. The molecule has 0 aromatic carbocycles. The average Bonchev–Trinajstić information content (AvgIpc) is 2.69. The Morgan fingerprint density at radius 2 is 1.72 bits per heavy atom. The second-order valence-corrected chi connectivity index (χ2v) is 6.93. The molecule has 1 saturated carbocycles. The highest BCUT2D eigenvalue weighted by atomic mass is 16.2. The van der Waals surface area contributed by atoms with Crippen LogP contribution < -0.4 is 0 Å². The molecule has 2 amide bonds. The number of nitrogens with zero attached hydrogens (tertiary/aromatic N) is 2. The number of carbonyl (C=O) groups excluding carboxylic acids is 1. The van der Waals surface area contributed by atoms with Gasteiger partial charge < -0.3 is 9.80 Å². The Bertz CT molecular complexity index is 300. The van der Waals surface area contributed by atoms with Gasteiger partial charge in [0.2, 0.25) is 0 Å². The summed E-state index contributed by atoms with van der Waals surface area (Å²) in [5, 5.41) is 0. The van der Waals surface area contributed by atoms with Crippen LogP contribution in [0.4, 0.5) is 4.79 Å². The lowest BCUT2D eigenvalue weighted by atomic mass is 9.71. The standard InChI is InChI=1S/C15H28N2O/c1-5-16-10-11-17(14(16)18)13-8-6-12(7-9-13)15(2,3)4/h12-13H,5-11H2,1-4H3. The Labute approximate surface area is 112 Å². The molecule has 1 aliphatic heterocycles. The number of hydrogen-bond acceptors (Lipinski definition) is 1. The second-order valence-electron chi connectivity index (χ2n) is 6.93. The highest BCUT2D eigenvalue weighted by molar-refractivity contribution is 5.76. The third-order valence-corrected chi connectivity index (χ3v) is 4.87.